The Morgan fingerprint density at radius 3 is 2.75 bits per heavy atom. The molecule has 0 spiro atoms. The summed E-state index contributed by atoms with van der Waals surface area (Å²) in [5, 5.41) is 0. The molecule has 0 bridgehead atoms. The summed E-state index contributed by atoms with van der Waals surface area (Å²) in [4.78, 5) is 22.0. The molecule has 2 rings (SSSR count). The van der Waals surface area contributed by atoms with Crippen molar-refractivity contribution in [2.75, 3.05) is 6.54 Å². The van der Waals surface area contributed by atoms with Gasteiger partial charge in [-0.3, -0.25) is 4.79 Å². The van der Waals surface area contributed by atoms with Gasteiger partial charge in [0, 0.05) is 35.4 Å². The van der Waals surface area contributed by atoms with Gasteiger partial charge in [0.25, 0.3) is 0 Å². The largest absolute Gasteiger partial charge is 0.455 e. The molecule has 2 heterocycles. The highest BCUT2D eigenvalue weighted by atomic mass is 16.6. The van der Waals surface area contributed by atoms with Gasteiger partial charge >= 0.3 is 5.97 Å². The van der Waals surface area contributed by atoms with E-state index >= 15 is 0 Å². The maximum absolute atomic E-state index is 11.2. The number of hydrogen-bond donors (Lipinski definition) is 0. The first-order chi connectivity index (χ1) is 5.77. The fraction of sp³-hybridized carbons (Fsp3) is 0.875. The molecule has 66 valence electrons. The van der Waals surface area contributed by atoms with Gasteiger partial charge in [0.2, 0.25) is 6.04 Å². The molecule has 2 fully saturated rings. The molecule has 0 aromatic rings. The van der Waals surface area contributed by atoms with Crippen LogP contribution in [0.1, 0.15) is 25.7 Å². The van der Waals surface area contributed by atoms with E-state index < -0.39 is 0 Å². The zero-order valence-electron chi connectivity index (χ0n) is 6.86. The molecule has 0 aromatic heterocycles. The number of carbonyl (C=O) groups is 1. The molecular weight excluding hydrogens is 158 g/mol. The second-order valence-electron chi connectivity index (χ2n) is 3.42. The molecule has 0 saturated carbocycles. The lowest BCUT2D eigenvalue weighted by Crippen LogP contribution is -2.31. The zero-order valence-corrected chi connectivity index (χ0v) is 6.86. The number of esters is 1. The van der Waals surface area contributed by atoms with Crippen LogP contribution in [-0.2, 0) is 9.53 Å². The standard InChI is InChI=1S/C8H12NO3/c10-8-4-3-7(12-8)6-2-1-5-9(6)11/h6-7H,1-5H2/q+1. The third-order valence-electron chi connectivity index (χ3n) is 2.59. The Hall–Kier alpha value is -0.930. The number of nitroso groups, excluding NO2 is 1. The van der Waals surface area contributed by atoms with Gasteiger partial charge in [-0.05, 0) is 0 Å². The SMILES string of the molecule is O=C1CCC(C2CCC[N+]2=O)O1. The minimum atomic E-state index is -0.153. The van der Waals surface area contributed by atoms with E-state index in [9.17, 15) is 9.70 Å². The Kier molecular flexibility index (Phi) is 1.83. The Labute approximate surface area is 70.5 Å². The fourth-order valence-electron chi connectivity index (χ4n) is 1.96. The summed E-state index contributed by atoms with van der Waals surface area (Å²) in [6.45, 7) is 0.596. The second kappa shape index (κ2) is 2.84. The number of rotatable bonds is 1. The number of ether oxygens (including phenoxy) is 1. The van der Waals surface area contributed by atoms with Gasteiger partial charge in [-0.2, -0.15) is 0 Å². The Morgan fingerprint density at radius 2 is 2.25 bits per heavy atom. The topological polar surface area (TPSA) is 46.4 Å². The van der Waals surface area contributed by atoms with Crippen molar-refractivity contribution in [1.82, 2.24) is 0 Å². The van der Waals surface area contributed by atoms with E-state index in [0.717, 1.165) is 24.0 Å². The number of carbonyl (C=O) groups excluding carboxylic acids is 1. The maximum Gasteiger partial charge on any atom is 0.306 e. The number of nitrogens with zero attached hydrogens (tertiary/aromatic N) is 1. The molecule has 0 radical (unpaired) electrons. The van der Waals surface area contributed by atoms with Crippen molar-refractivity contribution in [2.45, 2.75) is 37.8 Å². The summed E-state index contributed by atoms with van der Waals surface area (Å²) in [5.74, 6) is -0.153. The third kappa shape index (κ3) is 1.21. The van der Waals surface area contributed by atoms with Crippen LogP contribution in [0.3, 0.4) is 0 Å². The summed E-state index contributed by atoms with van der Waals surface area (Å²) in [6, 6.07) is -0.0588. The van der Waals surface area contributed by atoms with Crippen LogP contribution in [0.2, 0.25) is 0 Å². The molecule has 0 N–H and O–H groups in total. The average molecular weight is 170 g/mol. The van der Waals surface area contributed by atoms with Crippen molar-refractivity contribution in [3.05, 3.63) is 4.91 Å². The summed E-state index contributed by atoms with van der Waals surface area (Å²) in [5.41, 5.74) is 0. The van der Waals surface area contributed by atoms with Crippen LogP contribution < -0.4 is 0 Å². The fourth-order valence-corrected chi connectivity index (χ4v) is 1.96. The molecule has 2 aliphatic heterocycles. The van der Waals surface area contributed by atoms with Crippen molar-refractivity contribution in [2.24, 2.45) is 0 Å². The van der Waals surface area contributed by atoms with Crippen molar-refractivity contribution in [3.63, 3.8) is 0 Å². The second-order valence-corrected chi connectivity index (χ2v) is 3.42. The van der Waals surface area contributed by atoms with E-state index in [2.05, 4.69) is 0 Å². The van der Waals surface area contributed by atoms with Crippen LogP contribution in [0.15, 0.2) is 0 Å². The predicted octanol–water partition coefficient (Wildman–Crippen LogP) is 0.633. The molecule has 2 aliphatic rings. The lowest BCUT2D eigenvalue weighted by atomic mass is 10.1. The quantitative estimate of drug-likeness (QED) is 0.428. The van der Waals surface area contributed by atoms with Gasteiger partial charge < -0.3 is 4.74 Å². The van der Waals surface area contributed by atoms with Gasteiger partial charge in [-0.1, -0.05) is 0 Å². The van der Waals surface area contributed by atoms with Crippen molar-refractivity contribution in [1.29, 1.82) is 0 Å². The van der Waals surface area contributed by atoms with Crippen LogP contribution in [0.5, 0.6) is 0 Å². The summed E-state index contributed by atoms with van der Waals surface area (Å²) < 4.78 is 6.09. The average Bonchev–Trinajstić information content (AvgIpc) is 2.58. The molecule has 2 unspecified atom stereocenters. The highest BCUT2D eigenvalue weighted by molar-refractivity contribution is 5.71. The lowest BCUT2D eigenvalue weighted by Gasteiger charge is -2.08. The molecule has 0 aromatic carbocycles. The number of cyclic esters (lactones) is 1. The summed E-state index contributed by atoms with van der Waals surface area (Å²) in [7, 11) is 0. The monoisotopic (exact) mass is 170 g/mol. The smallest absolute Gasteiger partial charge is 0.306 e. The van der Waals surface area contributed by atoms with Crippen LogP contribution in [0.4, 0.5) is 0 Å². The van der Waals surface area contributed by atoms with E-state index in [-0.39, 0.29) is 18.1 Å². The van der Waals surface area contributed by atoms with E-state index in [1.807, 2.05) is 0 Å². The lowest BCUT2D eigenvalue weighted by molar-refractivity contribution is -0.573. The minimum absolute atomic E-state index is 0.0588. The molecule has 12 heavy (non-hydrogen) atoms. The van der Waals surface area contributed by atoms with E-state index in [1.165, 1.54) is 0 Å². The zero-order chi connectivity index (χ0) is 8.55. The van der Waals surface area contributed by atoms with Crippen LogP contribution in [0, 0.1) is 4.91 Å². The summed E-state index contributed by atoms with van der Waals surface area (Å²) in [6.07, 6.45) is 2.89. The first-order valence-electron chi connectivity index (χ1n) is 4.40. The Bertz CT molecular complexity index is 226. The van der Waals surface area contributed by atoms with Crippen LogP contribution in [0.25, 0.3) is 0 Å². The number of hydrogen-bond acceptors (Lipinski definition) is 3. The van der Waals surface area contributed by atoms with E-state index in [4.69, 9.17) is 4.74 Å². The van der Waals surface area contributed by atoms with Crippen molar-refractivity contribution >= 4 is 5.97 Å². The maximum atomic E-state index is 11.2. The Balaban J connectivity index is 2.00. The molecular formula is C8H12NO3+. The van der Waals surface area contributed by atoms with E-state index in [0.29, 0.717) is 13.0 Å². The Morgan fingerprint density at radius 1 is 1.42 bits per heavy atom. The van der Waals surface area contributed by atoms with Crippen LogP contribution >= 0.6 is 0 Å². The van der Waals surface area contributed by atoms with Gasteiger partial charge in [0.15, 0.2) is 12.6 Å². The van der Waals surface area contributed by atoms with Crippen molar-refractivity contribution in [3.8, 4) is 0 Å². The molecule has 4 heteroatoms. The van der Waals surface area contributed by atoms with Gasteiger partial charge in [0.05, 0.1) is 0 Å². The van der Waals surface area contributed by atoms with Gasteiger partial charge in [-0.25, -0.2) is 0 Å². The third-order valence-corrected chi connectivity index (χ3v) is 2.59. The normalized spacial score (nSPS) is 35.7. The highest BCUT2D eigenvalue weighted by Crippen LogP contribution is 2.25. The summed E-state index contributed by atoms with van der Waals surface area (Å²) >= 11 is 0. The predicted molar refractivity (Wildman–Crippen MR) is 40.6 cm³/mol. The first-order valence-corrected chi connectivity index (χ1v) is 4.40. The first kappa shape index (κ1) is 7.71. The molecule has 0 aliphatic carbocycles. The van der Waals surface area contributed by atoms with Crippen LogP contribution in [-0.4, -0.2) is 29.4 Å². The van der Waals surface area contributed by atoms with Crippen molar-refractivity contribution < 1.29 is 14.3 Å². The molecule has 0 amide bonds. The minimum Gasteiger partial charge on any atom is -0.455 e. The van der Waals surface area contributed by atoms with Gasteiger partial charge in [-0.15, -0.1) is 0 Å². The molecule has 2 saturated heterocycles. The van der Waals surface area contributed by atoms with Gasteiger partial charge in [0.1, 0.15) is 0 Å². The molecule has 2 atom stereocenters. The highest BCUT2D eigenvalue weighted by Gasteiger charge is 2.43. The van der Waals surface area contributed by atoms with E-state index in [1.54, 1.807) is 0 Å². The molecule has 4 nitrogen and oxygen atoms in total.